The minimum absolute atomic E-state index is 0.137. The summed E-state index contributed by atoms with van der Waals surface area (Å²) in [7, 11) is 1.47. The lowest BCUT2D eigenvalue weighted by atomic mass is 9.96. The summed E-state index contributed by atoms with van der Waals surface area (Å²) in [5, 5.41) is 0.592. The number of methoxy groups -OCH3 is 1. The number of likely N-dealkylation sites (tertiary alicyclic amines) is 1. The van der Waals surface area contributed by atoms with Gasteiger partial charge in [-0.1, -0.05) is 23.2 Å². The summed E-state index contributed by atoms with van der Waals surface area (Å²) in [6, 6.07) is 3.10. The van der Waals surface area contributed by atoms with Crippen LogP contribution in [-0.2, 0) is 9.53 Å². The average molecular weight is 360 g/mol. The molecule has 1 fully saturated rings. The van der Waals surface area contributed by atoms with Gasteiger partial charge in [-0.05, 0) is 31.9 Å². The molecule has 1 amide bonds. The molecule has 0 atom stereocenters. The minimum atomic E-state index is -0.185. The Bertz CT molecular complexity index is 575. The van der Waals surface area contributed by atoms with E-state index in [-0.39, 0.29) is 17.8 Å². The van der Waals surface area contributed by atoms with E-state index in [9.17, 15) is 9.59 Å². The van der Waals surface area contributed by atoms with Crippen molar-refractivity contribution < 1.29 is 19.1 Å². The minimum Gasteiger partial charge on any atom is -0.494 e. The van der Waals surface area contributed by atoms with Crippen LogP contribution in [0.2, 0.25) is 10.0 Å². The molecule has 0 aromatic heterocycles. The average Bonchev–Trinajstić information content (AvgIpc) is 2.54. The first-order valence-corrected chi connectivity index (χ1v) is 8.22. The summed E-state index contributed by atoms with van der Waals surface area (Å²) in [6.45, 7) is 3.17. The summed E-state index contributed by atoms with van der Waals surface area (Å²) < 4.78 is 10.1. The molecule has 0 N–H and O–H groups in total. The van der Waals surface area contributed by atoms with E-state index in [1.165, 1.54) is 7.11 Å². The molecular formula is C16H19Cl2NO4. The highest BCUT2D eigenvalue weighted by molar-refractivity contribution is 6.37. The number of esters is 1. The number of halogens is 2. The predicted molar refractivity (Wildman–Crippen MR) is 88.3 cm³/mol. The van der Waals surface area contributed by atoms with Gasteiger partial charge in [0, 0.05) is 18.7 Å². The van der Waals surface area contributed by atoms with Gasteiger partial charge < -0.3 is 14.4 Å². The fraction of sp³-hybridized carbons (Fsp3) is 0.500. The first kappa shape index (κ1) is 17.9. The van der Waals surface area contributed by atoms with Crippen LogP contribution in [0.15, 0.2) is 12.1 Å². The number of carbonyl (C=O) groups excluding carboxylic acids is 2. The van der Waals surface area contributed by atoms with E-state index in [4.69, 9.17) is 32.7 Å². The molecule has 0 aliphatic carbocycles. The molecule has 1 heterocycles. The van der Waals surface area contributed by atoms with Crippen molar-refractivity contribution in [3.63, 3.8) is 0 Å². The molecule has 1 aliphatic heterocycles. The van der Waals surface area contributed by atoms with E-state index < -0.39 is 0 Å². The van der Waals surface area contributed by atoms with Gasteiger partial charge in [0.1, 0.15) is 0 Å². The number of ether oxygens (including phenoxy) is 2. The lowest BCUT2D eigenvalue weighted by Gasteiger charge is -2.31. The van der Waals surface area contributed by atoms with Crippen molar-refractivity contribution in [1.29, 1.82) is 0 Å². The predicted octanol–water partition coefficient (Wildman–Crippen LogP) is 3.42. The van der Waals surface area contributed by atoms with Crippen molar-refractivity contribution in [2.24, 2.45) is 5.92 Å². The second-order valence-corrected chi connectivity index (χ2v) is 6.11. The molecule has 1 aliphatic rings. The highest BCUT2D eigenvalue weighted by Crippen LogP contribution is 2.34. The van der Waals surface area contributed by atoms with Gasteiger partial charge in [0.05, 0.1) is 29.7 Å². The van der Waals surface area contributed by atoms with Crippen molar-refractivity contribution in [2.45, 2.75) is 19.8 Å². The number of piperidine rings is 1. The molecule has 5 nitrogen and oxygen atoms in total. The Morgan fingerprint density at radius 3 is 2.26 bits per heavy atom. The fourth-order valence-electron chi connectivity index (χ4n) is 2.64. The van der Waals surface area contributed by atoms with Gasteiger partial charge >= 0.3 is 5.97 Å². The monoisotopic (exact) mass is 359 g/mol. The summed E-state index contributed by atoms with van der Waals surface area (Å²) in [5.74, 6) is -0.123. The van der Waals surface area contributed by atoms with Gasteiger partial charge in [0.25, 0.3) is 5.91 Å². The number of benzene rings is 1. The van der Waals surface area contributed by atoms with Crippen molar-refractivity contribution in [1.82, 2.24) is 4.90 Å². The standard InChI is InChI=1S/C16H19Cl2NO4/c1-3-23-16(21)10-4-6-19(7-5-10)15(20)11-8-12(17)14(22-2)13(18)9-11/h8-10H,3-7H2,1-2H3. The Balaban J connectivity index is 2.04. The van der Waals surface area contributed by atoms with Gasteiger partial charge in [-0.2, -0.15) is 0 Å². The van der Waals surface area contributed by atoms with Crippen molar-refractivity contribution in [3.05, 3.63) is 27.7 Å². The van der Waals surface area contributed by atoms with Crippen LogP contribution in [0.4, 0.5) is 0 Å². The van der Waals surface area contributed by atoms with Gasteiger partial charge in [-0.3, -0.25) is 9.59 Å². The van der Waals surface area contributed by atoms with E-state index >= 15 is 0 Å². The third kappa shape index (κ3) is 4.09. The molecular weight excluding hydrogens is 341 g/mol. The van der Waals surface area contributed by atoms with E-state index in [1.807, 2.05) is 0 Å². The Morgan fingerprint density at radius 1 is 1.22 bits per heavy atom. The third-order valence-electron chi connectivity index (χ3n) is 3.85. The Labute approximate surface area is 145 Å². The molecule has 1 saturated heterocycles. The molecule has 0 spiro atoms. The second kappa shape index (κ2) is 7.88. The highest BCUT2D eigenvalue weighted by atomic mass is 35.5. The van der Waals surface area contributed by atoms with Crippen molar-refractivity contribution in [3.8, 4) is 5.75 Å². The van der Waals surface area contributed by atoms with Crippen LogP contribution >= 0.6 is 23.2 Å². The lowest BCUT2D eigenvalue weighted by Crippen LogP contribution is -2.40. The number of hydrogen-bond donors (Lipinski definition) is 0. The molecule has 1 aromatic carbocycles. The number of carbonyl (C=O) groups is 2. The van der Waals surface area contributed by atoms with Crippen LogP contribution in [0.5, 0.6) is 5.75 Å². The second-order valence-electron chi connectivity index (χ2n) is 5.29. The Hall–Kier alpha value is -1.46. The highest BCUT2D eigenvalue weighted by Gasteiger charge is 2.29. The topological polar surface area (TPSA) is 55.8 Å². The van der Waals surface area contributed by atoms with Gasteiger partial charge in [0.2, 0.25) is 0 Å². The molecule has 0 bridgehead atoms. The number of hydrogen-bond acceptors (Lipinski definition) is 4. The van der Waals surface area contributed by atoms with E-state index in [1.54, 1.807) is 24.0 Å². The first-order chi connectivity index (χ1) is 11.0. The molecule has 0 radical (unpaired) electrons. The zero-order valence-corrected chi connectivity index (χ0v) is 14.6. The molecule has 126 valence electrons. The molecule has 0 saturated carbocycles. The Morgan fingerprint density at radius 2 is 1.78 bits per heavy atom. The number of amides is 1. The van der Waals surface area contributed by atoms with E-state index in [0.717, 1.165) is 0 Å². The Kier molecular flexibility index (Phi) is 6.13. The molecule has 23 heavy (non-hydrogen) atoms. The van der Waals surface area contributed by atoms with Gasteiger partial charge in [0.15, 0.2) is 5.75 Å². The van der Waals surface area contributed by atoms with Crippen LogP contribution in [0.1, 0.15) is 30.1 Å². The zero-order chi connectivity index (χ0) is 17.0. The third-order valence-corrected chi connectivity index (χ3v) is 4.41. The fourth-order valence-corrected chi connectivity index (χ4v) is 3.28. The maximum absolute atomic E-state index is 12.6. The zero-order valence-electron chi connectivity index (χ0n) is 13.1. The largest absolute Gasteiger partial charge is 0.494 e. The van der Waals surface area contributed by atoms with Crippen molar-refractivity contribution in [2.75, 3.05) is 26.8 Å². The van der Waals surface area contributed by atoms with E-state index in [2.05, 4.69) is 0 Å². The van der Waals surface area contributed by atoms with E-state index in [0.29, 0.717) is 53.9 Å². The smallest absolute Gasteiger partial charge is 0.309 e. The SMILES string of the molecule is CCOC(=O)C1CCN(C(=O)c2cc(Cl)c(OC)c(Cl)c2)CC1. The summed E-state index contributed by atoms with van der Waals surface area (Å²) in [6.07, 6.45) is 1.20. The van der Waals surface area contributed by atoms with Crippen LogP contribution in [0, 0.1) is 5.92 Å². The normalized spacial score (nSPS) is 15.4. The molecule has 7 heteroatoms. The van der Waals surface area contributed by atoms with Gasteiger partial charge in [-0.15, -0.1) is 0 Å². The summed E-state index contributed by atoms with van der Waals surface area (Å²) in [5.41, 5.74) is 0.412. The maximum Gasteiger partial charge on any atom is 0.309 e. The molecule has 2 rings (SSSR count). The first-order valence-electron chi connectivity index (χ1n) is 7.46. The quantitative estimate of drug-likeness (QED) is 0.772. The van der Waals surface area contributed by atoms with Crippen LogP contribution in [-0.4, -0.2) is 43.6 Å². The molecule has 0 unspecified atom stereocenters. The summed E-state index contributed by atoms with van der Waals surface area (Å²) in [4.78, 5) is 26.0. The van der Waals surface area contributed by atoms with Crippen molar-refractivity contribution >= 4 is 35.1 Å². The van der Waals surface area contributed by atoms with Crippen LogP contribution in [0.25, 0.3) is 0 Å². The van der Waals surface area contributed by atoms with Crippen LogP contribution in [0.3, 0.4) is 0 Å². The lowest BCUT2D eigenvalue weighted by molar-refractivity contribution is -0.149. The van der Waals surface area contributed by atoms with Crippen LogP contribution < -0.4 is 4.74 Å². The molecule has 1 aromatic rings. The summed E-state index contributed by atoms with van der Waals surface area (Å²) >= 11 is 12.2. The number of nitrogens with zero attached hydrogens (tertiary/aromatic N) is 1. The van der Waals surface area contributed by atoms with Gasteiger partial charge in [-0.25, -0.2) is 0 Å². The number of rotatable bonds is 4. The maximum atomic E-state index is 12.6.